The molecule has 2 aromatic rings. The molecule has 1 heterocycles. The lowest BCUT2D eigenvalue weighted by atomic mass is 10.2. The molecule has 0 bridgehead atoms. The lowest BCUT2D eigenvalue weighted by molar-refractivity contribution is -0.115. The molecule has 0 radical (unpaired) electrons. The van der Waals surface area contributed by atoms with Gasteiger partial charge in [0.15, 0.2) is 0 Å². The topological polar surface area (TPSA) is 76.1 Å². The molecule has 23 heavy (non-hydrogen) atoms. The summed E-state index contributed by atoms with van der Waals surface area (Å²) in [6, 6.07) is 9.23. The minimum Gasteiger partial charge on any atom is -0.478 e. The monoisotopic (exact) mass is 314 g/mol. The van der Waals surface area contributed by atoms with E-state index >= 15 is 0 Å². The van der Waals surface area contributed by atoms with Gasteiger partial charge in [0.2, 0.25) is 11.8 Å². The molecule has 6 heteroatoms. The van der Waals surface area contributed by atoms with Gasteiger partial charge in [-0.3, -0.25) is 4.79 Å². The molecule has 0 atom stereocenters. The number of amides is 1. The Labute approximate surface area is 136 Å². The van der Waals surface area contributed by atoms with Gasteiger partial charge in [0.05, 0.1) is 6.61 Å². The molecule has 0 saturated heterocycles. The van der Waals surface area contributed by atoms with E-state index in [1.165, 1.54) is 0 Å². The number of carbonyl (C=O) groups excluding carboxylic acids is 1. The van der Waals surface area contributed by atoms with Crippen molar-refractivity contribution in [3.8, 4) is 5.88 Å². The van der Waals surface area contributed by atoms with E-state index in [9.17, 15) is 4.79 Å². The number of rotatable bonds is 7. The highest BCUT2D eigenvalue weighted by molar-refractivity contribution is 5.90. The van der Waals surface area contributed by atoms with Gasteiger partial charge in [-0.2, -0.15) is 4.98 Å². The van der Waals surface area contributed by atoms with E-state index in [-0.39, 0.29) is 5.91 Å². The quantitative estimate of drug-likeness (QED) is 0.815. The van der Waals surface area contributed by atoms with E-state index in [0.29, 0.717) is 30.5 Å². The SMILES string of the molecule is CCCOc1cc(Nc2ccc(NC(=O)CC)cc2)nc(C)n1. The van der Waals surface area contributed by atoms with Crippen LogP contribution >= 0.6 is 0 Å². The number of aryl methyl sites for hydroxylation is 1. The average Bonchev–Trinajstić information content (AvgIpc) is 2.54. The number of nitrogens with one attached hydrogen (secondary N) is 2. The maximum atomic E-state index is 11.4. The molecule has 0 fully saturated rings. The van der Waals surface area contributed by atoms with Crippen molar-refractivity contribution in [1.82, 2.24) is 9.97 Å². The molecular weight excluding hydrogens is 292 g/mol. The average molecular weight is 314 g/mol. The van der Waals surface area contributed by atoms with Gasteiger partial charge in [0, 0.05) is 23.9 Å². The Hall–Kier alpha value is -2.63. The van der Waals surface area contributed by atoms with Crippen LogP contribution < -0.4 is 15.4 Å². The highest BCUT2D eigenvalue weighted by Gasteiger charge is 2.04. The summed E-state index contributed by atoms with van der Waals surface area (Å²) in [5.41, 5.74) is 1.65. The molecule has 0 aliphatic carbocycles. The number of nitrogens with zero attached hydrogens (tertiary/aromatic N) is 2. The first kappa shape index (κ1) is 16.7. The number of hydrogen-bond donors (Lipinski definition) is 2. The van der Waals surface area contributed by atoms with Gasteiger partial charge in [-0.1, -0.05) is 13.8 Å². The fraction of sp³-hybridized carbons (Fsp3) is 0.353. The van der Waals surface area contributed by atoms with Gasteiger partial charge in [-0.05, 0) is 37.6 Å². The van der Waals surface area contributed by atoms with E-state index in [1.54, 1.807) is 6.07 Å². The zero-order valence-electron chi connectivity index (χ0n) is 13.7. The summed E-state index contributed by atoms with van der Waals surface area (Å²) in [5, 5.41) is 6.02. The van der Waals surface area contributed by atoms with Crippen molar-refractivity contribution in [2.45, 2.75) is 33.6 Å². The van der Waals surface area contributed by atoms with Gasteiger partial charge in [-0.25, -0.2) is 4.98 Å². The summed E-state index contributed by atoms with van der Waals surface area (Å²) in [7, 11) is 0. The smallest absolute Gasteiger partial charge is 0.224 e. The van der Waals surface area contributed by atoms with Crippen molar-refractivity contribution >= 4 is 23.1 Å². The summed E-state index contributed by atoms with van der Waals surface area (Å²) in [4.78, 5) is 20.0. The fourth-order valence-corrected chi connectivity index (χ4v) is 1.92. The molecule has 0 aliphatic heterocycles. The van der Waals surface area contributed by atoms with Gasteiger partial charge < -0.3 is 15.4 Å². The molecule has 1 aromatic carbocycles. The van der Waals surface area contributed by atoms with Crippen LogP contribution in [-0.2, 0) is 4.79 Å². The number of benzene rings is 1. The Morgan fingerprint density at radius 3 is 2.48 bits per heavy atom. The first-order valence-corrected chi connectivity index (χ1v) is 7.76. The first-order valence-electron chi connectivity index (χ1n) is 7.76. The Morgan fingerprint density at radius 2 is 1.83 bits per heavy atom. The highest BCUT2D eigenvalue weighted by Crippen LogP contribution is 2.20. The van der Waals surface area contributed by atoms with Crippen LogP contribution in [0.4, 0.5) is 17.2 Å². The molecule has 6 nitrogen and oxygen atoms in total. The molecule has 2 N–H and O–H groups in total. The van der Waals surface area contributed by atoms with Crippen LogP contribution in [0.3, 0.4) is 0 Å². The molecule has 1 amide bonds. The van der Waals surface area contributed by atoms with Crippen LogP contribution in [0.1, 0.15) is 32.5 Å². The third kappa shape index (κ3) is 5.25. The Bertz CT molecular complexity index is 656. The van der Waals surface area contributed by atoms with Gasteiger partial charge in [-0.15, -0.1) is 0 Å². The molecule has 0 aliphatic rings. The van der Waals surface area contributed by atoms with E-state index in [4.69, 9.17) is 4.74 Å². The Balaban J connectivity index is 2.06. The zero-order valence-corrected chi connectivity index (χ0v) is 13.7. The third-order valence-electron chi connectivity index (χ3n) is 3.03. The Kier molecular flexibility index (Phi) is 5.91. The normalized spacial score (nSPS) is 10.2. The summed E-state index contributed by atoms with van der Waals surface area (Å²) in [5.74, 6) is 1.88. The summed E-state index contributed by atoms with van der Waals surface area (Å²) in [6.07, 6.45) is 1.39. The molecule has 122 valence electrons. The van der Waals surface area contributed by atoms with Gasteiger partial charge in [0.1, 0.15) is 11.6 Å². The summed E-state index contributed by atoms with van der Waals surface area (Å²) in [6.45, 7) is 6.32. The zero-order chi connectivity index (χ0) is 16.7. The fourth-order valence-electron chi connectivity index (χ4n) is 1.92. The predicted molar refractivity (Wildman–Crippen MR) is 91.2 cm³/mol. The van der Waals surface area contributed by atoms with Crippen molar-refractivity contribution < 1.29 is 9.53 Å². The van der Waals surface area contributed by atoms with E-state index in [0.717, 1.165) is 17.8 Å². The van der Waals surface area contributed by atoms with Crippen molar-refractivity contribution in [1.29, 1.82) is 0 Å². The van der Waals surface area contributed by atoms with Crippen molar-refractivity contribution in [2.75, 3.05) is 17.2 Å². The molecular formula is C17H22N4O2. The minimum absolute atomic E-state index is 0.00477. The van der Waals surface area contributed by atoms with Crippen LogP contribution in [0, 0.1) is 6.92 Å². The standard InChI is InChI=1S/C17H22N4O2/c1-4-10-23-17-11-15(18-12(3)19-17)20-13-6-8-14(9-7-13)21-16(22)5-2/h6-9,11H,4-5,10H2,1-3H3,(H,21,22)(H,18,19,20). The second-order valence-corrected chi connectivity index (χ2v) is 5.09. The predicted octanol–water partition coefficient (Wildman–Crippen LogP) is 3.67. The molecule has 1 aromatic heterocycles. The van der Waals surface area contributed by atoms with Crippen LogP contribution in [0.25, 0.3) is 0 Å². The lowest BCUT2D eigenvalue weighted by Gasteiger charge is -2.10. The Morgan fingerprint density at radius 1 is 1.13 bits per heavy atom. The number of hydrogen-bond acceptors (Lipinski definition) is 5. The number of ether oxygens (including phenoxy) is 1. The van der Waals surface area contributed by atoms with E-state index in [1.807, 2.05) is 45.0 Å². The molecule has 2 rings (SSSR count). The van der Waals surface area contributed by atoms with Crippen LogP contribution in [0.15, 0.2) is 30.3 Å². The maximum absolute atomic E-state index is 11.4. The number of aromatic nitrogens is 2. The molecule has 0 spiro atoms. The second kappa shape index (κ2) is 8.12. The summed E-state index contributed by atoms with van der Waals surface area (Å²) < 4.78 is 5.55. The first-order chi connectivity index (χ1) is 11.1. The highest BCUT2D eigenvalue weighted by atomic mass is 16.5. The van der Waals surface area contributed by atoms with E-state index in [2.05, 4.69) is 20.6 Å². The molecule has 0 unspecified atom stereocenters. The second-order valence-electron chi connectivity index (χ2n) is 5.09. The minimum atomic E-state index is -0.00477. The van der Waals surface area contributed by atoms with Crippen LogP contribution in [-0.4, -0.2) is 22.5 Å². The van der Waals surface area contributed by atoms with Crippen molar-refractivity contribution in [3.63, 3.8) is 0 Å². The van der Waals surface area contributed by atoms with Crippen molar-refractivity contribution in [3.05, 3.63) is 36.2 Å². The van der Waals surface area contributed by atoms with Crippen LogP contribution in [0.2, 0.25) is 0 Å². The third-order valence-corrected chi connectivity index (χ3v) is 3.03. The maximum Gasteiger partial charge on any atom is 0.224 e. The molecule has 0 saturated carbocycles. The van der Waals surface area contributed by atoms with E-state index < -0.39 is 0 Å². The lowest BCUT2D eigenvalue weighted by Crippen LogP contribution is -2.09. The van der Waals surface area contributed by atoms with Gasteiger partial charge in [0.25, 0.3) is 0 Å². The van der Waals surface area contributed by atoms with Crippen LogP contribution in [0.5, 0.6) is 5.88 Å². The van der Waals surface area contributed by atoms with Gasteiger partial charge >= 0.3 is 0 Å². The number of anilines is 3. The summed E-state index contributed by atoms with van der Waals surface area (Å²) >= 11 is 0. The number of carbonyl (C=O) groups is 1. The van der Waals surface area contributed by atoms with Crippen molar-refractivity contribution in [2.24, 2.45) is 0 Å². The largest absolute Gasteiger partial charge is 0.478 e.